The van der Waals surface area contributed by atoms with Crippen LogP contribution >= 0.6 is 0 Å². The third-order valence-corrected chi connectivity index (χ3v) is 5.52. The third-order valence-electron chi connectivity index (χ3n) is 5.52. The van der Waals surface area contributed by atoms with Gasteiger partial charge in [0.15, 0.2) is 0 Å². The second kappa shape index (κ2) is 7.50. The molecule has 2 heterocycles. The number of benzene rings is 1. The maximum absolute atomic E-state index is 12.5. The summed E-state index contributed by atoms with van der Waals surface area (Å²) in [5.41, 5.74) is 3.08. The van der Waals surface area contributed by atoms with Gasteiger partial charge >= 0.3 is 0 Å². The largest absolute Gasteiger partial charge is 0.378 e. The van der Waals surface area contributed by atoms with Crippen LogP contribution in [-0.4, -0.2) is 48.3 Å². The Morgan fingerprint density at radius 3 is 2.81 bits per heavy atom. The molecule has 1 aromatic carbocycles. The lowest BCUT2D eigenvalue weighted by Crippen LogP contribution is -2.37. The molecule has 6 heteroatoms. The number of hydrogen-bond acceptors (Lipinski definition) is 4. The van der Waals surface area contributed by atoms with Gasteiger partial charge in [0.25, 0.3) is 5.91 Å². The fourth-order valence-corrected chi connectivity index (χ4v) is 3.89. The first-order valence-electron chi connectivity index (χ1n) is 9.39. The number of amides is 1. The Hall–Kier alpha value is -2.34. The molecule has 1 aliphatic carbocycles. The quantitative estimate of drug-likeness (QED) is 0.896. The lowest BCUT2D eigenvalue weighted by atomic mass is 9.80. The minimum Gasteiger partial charge on any atom is -0.378 e. The smallest absolute Gasteiger partial charge is 0.251 e. The average molecular weight is 354 g/mol. The summed E-state index contributed by atoms with van der Waals surface area (Å²) in [6.07, 6.45) is 7.91. The number of rotatable bonds is 5. The van der Waals surface area contributed by atoms with Crippen molar-refractivity contribution >= 4 is 11.6 Å². The minimum absolute atomic E-state index is 0.0210. The standard InChI is InChI=1S/C20H26N4O2/c1-15-10-17(2-3-19(15)23-6-8-26-9-7-23)20(25)22-13-16-11-18(12-16)24-5-4-21-14-24/h2-5,10,14,16,18H,6-9,11-13H2,1H3,(H,22,25). The summed E-state index contributed by atoms with van der Waals surface area (Å²) in [6, 6.07) is 6.53. The highest BCUT2D eigenvalue weighted by Crippen LogP contribution is 2.37. The zero-order valence-corrected chi connectivity index (χ0v) is 15.2. The highest BCUT2D eigenvalue weighted by molar-refractivity contribution is 5.94. The van der Waals surface area contributed by atoms with Crippen LogP contribution in [0.15, 0.2) is 36.9 Å². The monoisotopic (exact) mass is 354 g/mol. The van der Waals surface area contributed by atoms with E-state index in [9.17, 15) is 4.79 Å². The van der Waals surface area contributed by atoms with E-state index in [1.165, 1.54) is 5.69 Å². The molecule has 1 aromatic heterocycles. The summed E-state index contributed by atoms with van der Waals surface area (Å²) >= 11 is 0. The van der Waals surface area contributed by atoms with Crippen molar-refractivity contribution in [2.45, 2.75) is 25.8 Å². The minimum atomic E-state index is 0.0210. The highest BCUT2D eigenvalue weighted by Gasteiger charge is 2.30. The van der Waals surface area contributed by atoms with Crippen LogP contribution in [-0.2, 0) is 4.74 Å². The number of ether oxygens (including phenoxy) is 1. The molecule has 2 aliphatic rings. The lowest BCUT2D eigenvalue weighted by Gasteiger charge is -2.36. The summed E-state index contributed by atoms with van der Waals surface area (Å²) in [6.45, 7) is 6.17. The summed E-state index contributed by atoms with van der Waals surface area (Å²) < 4.78 is 7.57. The number of nitrogens with one attached hydrogen (secondary N) is 1. The van der Waals surface area contributed by atoms with Crippen LogP contribution in [0.1, 0.15) is 34.8 Å². The van der Waals surface area contributed by atoms with E-state index in [2.05, 4.69) is 32.8 Å². The molecule has 2 aromatic rings. The number of hydrogen-bond donors (Lipinski definition) is 1. The molecule has 6 nitrogen and oxygen atoms in total. The molecule has 26 heavy (non-hydrogen) atoms. The number of imidazole rings is 1. The summed E-state index contributed by atoms with van der Waals surface area (Å²) in [5, 5.41) is 3.10. The van der Waals surface area contributed by atoms with Crippen LogP contribution in [0.4, 0.5) is 5.69 Å². The third kappa shape index (κ3) is 3.60. The number of morpholine rings is 1. The number of anilines is 1. The van der Waals surface area contributed by atoms with E-state index < -0.39 is 0 Å². The van der Waals surface area contributed by atoms with Gasteiger partial charge in [-0.15, -0.1) is 0 Å². The van der Waals surface area contributed by atoms with E-state index >= 15 is 0 Å². The van der Waals surface area contributed by atoms with Crippen LogP contribution in [0.3, 0.4) is 0 Å². The van der Waals surface area contributed by atoms with Crippen molar-refractivity contribution in [1.82, 2.24) is 14.9 Å². The predicted molar refractivity (Wildman–Crippen MR) is 101 cm³/mol. The Morgan fingerprint density at radius 2 is 2.12 bits per heavy atom. The zero-order chi connectivity index (χ0) is 17.9. The van der Waals surface area contributed by atoms with Gasteiger partial charge in [-0.25, -0.2) is 4.98 Å². The van der Waals surface area contributed by atoms with Gasteiger partial charge in [0.2, 0.25) is 0 Å². The van der Waals surface area contributed by atoms with E-state index in [0.29, 0.717) is 12.0 Å². The van der Waals surface area contributed by atoms with Crippen molar-refractivity contribution < 1.29 is 9.53 Å². The SMILES string of the molecule is Cc1cc(C(=O)NCC2CC(n3ccnc3)C2)ccc1N1CCOCC1. The Morgan fingerprint density at radius 1 is 1.31 bits per heavy atom. The van der Waals surface area contributed by atoms with Crippen LogP contribution in [0.2, 0.25) is 0 Å². The summed E-state index contributed by atoms with van der Waals surface area (Å²) in [5.74, 6) is 0.577. The molecule has 1 saturated carbocycles. The number of carbonyl (C=O) groups is 1. The van der Waals surface area contributed by atoms with Crippen molar-refractivity contribution in [2.75, 3.05) is 37.7 Å². The Bertz CT molecular complexity index is 747. The zero-order valence-electron chi connectivity index (χ0n) is 15.2. The molecule has 0 radical (unpaired) electrons. The van der Waals surface area contributed by atoms with Gasteiger partial charge in [0, 0.05) is 49.3 Å². The van der Waals surface area contributed by atoms with Gasteiger partial charge < -0.3 is 19.5 Å². The van der Waals surface area contributed by atoms with Gasteiger partial charge in [-0.1, -0.05) is 0 Å². The van der Waals surface area contributed by atoms with E-state index in [-0.39, 0.29) is 5.91 Å². The molecule has 1 N–H and O–H groups in total. The maximum Gasteiger partial charge on any atom is 0.251 e. The molecule has 0 spiro atoms. The molecule has 0 bridgehead atoms. The molecule has 1 aliphatic heterocycles. The van der Waals surface area contributed by atoms with Crippen LogP contribution in [0, 0.1) is 12.8 Å². The van der Waals surface area contributed by atoms with Crippen LogP contribution in [0.25, 0.3) is 0 Å². The molecule has 4 rings (SSSR count). The molecule has 0 atom stereocenters. The molecular formula is C20H26N4O2. The van der Waals surface area contributed by atoms with Crippen molar-refractivity contribution in [2.24, 2.45) is 5.92 Å². The first-order chi connectivity index (χ1) is 12.7. The van der Waals surface area contributed by atoms with Crippen LogP contribution < -0.4 is 10.2 Å². The fourth-order valence-electron chi connectivity index (χ4n) is 3.89. The maximum atomic E-state index is 12.5. The molecule has 138 valence electrons. The topological polar surface area (TPSA) is 59.4 Å². The summed E-state index contributed by atoms with van der Waals surface area (Å²) in [4.78, 5) is 18.9. The fraction of sp³-hybridized carbons (Fsp3) is 0.500. The lowest BCUT2D eigenvalue weighted by molar-refractivity contribution is 0.0926. The first-order valence-corrected chi connectivity index (χ1v) is 9.39. The number of nitrogens with zero attached hydrogens (tertiary/aromatic N) is 3. The predicted octanol–water partition coefficient (Wildman–Crippen LogP) is 2.41. The number of carbonyl (C=O) groups excluding carboxylic acids is 1. The summed E-state index contributed by atoms with van der Waals surface area (Å²) in [7, 11) is 0. The van der Waals surface area contributed by atoms with Crippen molar-refractivity contribution in [3.63, 3.8) is 0 Å². The number of aromatic nitrogens is 2. The van der Waals surface area contributed by atoms with E-state index in [1.54, 1.807) is 0 Å². The normalized spacial score (nSPS) is 22.7. The van der Waals surface area contributed by atoms with Gasteiger partial charge in [-0.05, 0) is 49.4 Å². The first kappa shape index (κ1) is 17.1. The van der Waals surface area contributed by atoms with Gasteiger partial charge in [0.05, 0.1) is 19.5 Å². The molecule has 0 unspecified atom stereocenters. The second-order valence-corrected chi connectivity index (χ2v) is 7.31. The van der Waals surface area contributed by atoms with Gasteiger partial charge in [0.1, 0.15) is 0 Å². The molecule has 2 fully saturated rings. The molecular weight excluding hydrogens is 328 g/mol. The van der Waals surface area contributed by atoms with E-state index in [4.69, 9.17) is 4.74 Å². The van der Waals surface area contributed by atoms with Gasteiger partial charge in [-0.2, -0.15) is 0 Å². The average Bonchev–Trinajstić information content (AvgIpc) is 3.15. The Labute approximate surface area is 154 Å². The van der Waals surface area contributed by atoms with Crippen LogP contribution in [0.5, 0.6) is 0 Å². The van der Waals surface area contributed by atoms with E-state index in [1.807, 2.05) is 30.9 Å². The molecule has 1 saturated heterocycles. The van der Waals surface area contributed by atoms with Crippen molar-refractivity contribution in [1.29, 1.82) is 0 Å². The Balaban J connectivity index is 1.29. The molecule has 1 amide bonds. The van der Waals surface area contributed by atoms with E-state index in [0.717, 1.165) is 56.8 Å². The van der Waals surface area contributed by atoms with Crippen molar-refractivity contribution in [3.8, 4) is 0 Å². The second-order valence-electron chi connectivity index (χ2n) is 7.31. The highest BCUT2D eigenvalue weighted by atomic mass is 16.5. The van der Waals surface area contributed by atoms with Gasteiger partial charge in [-0.3, -0.25) is 4.79 Å². The Kier molecular flexibility index (Phi) is 4.93. The number of aryl methyl sites for hydroxylation is 1. The van der Waals surface area contributed by atoms with Crippen molar-refractivity contribution in [3.05, 3.63) is 48.0 Å².